The van der Waals surface area contributed by atoms with Gasteiger partial charge in [0.2, 0.25) is 0 Å². The number of esters is 1. The summed E-state index contributed by atoms with van der Waals surface area (Å²) in [6, 6.07) is 4.87. The third kappa shape index (κ3) is 4.87. The van der Waals surface area contributed by atoms with Crippen molar-refractivity contribution >= 4 is 40.8 Å². The quantitative estimate of drug-likeness (QED) is 0.663. The summed E-state index contributed by atoms with van der Waals surface area (Å²) in [4.78, 5) is 23.3. The van der Waals surface area contributed by atoms with Crippen molar-refractivity contribution in [1.29, 1.82) is 0 Å². The lowest BCUT2D eigenvalue weighted by Crippen LogP contribution is -2.29. The van der Waals surface area contributed by atoms with Crippen LogP contribution in [-0.4, -0.2) is 18.0 Å². The number of allylic oxidation sites excluding steroid dienone is 1. The van der Waals surface area contributed by atoms with Gasteiger partial charge in [-0.15, -0.1) is 0 Å². The molecule has 20 heavy (non-hydrogen) atoms. The van der Waals surface area contributed by atoms with Gasteiger partial charge in [0.25, 0.3) is 5.91 Å². The lowest BCUT2D eigenvalue weighted by atomic mass is 10.3. The van der Waals surface area contributed by atoms with Gasteiger partial charge in [0.05, 0.1) is 15.7 Å². The maximum atomic E-state index is 11.9. The second kappa shape index (κ2) is 7.92. The van der Waals surface area contributed by atoms with Crippen LogP contribution in [0.25, 0.3) is 0 Å². The highest BCUT2D eigenvalue weighted by Gasteiger charge is 2.18. The number of amides is 1. The van der Waals surface area contributed by atoms with Gasteiger partial charge in [0.1, 0.15) is 0 Å². The molecule has 1 aromatic rings. The average Bonchev–Trinajstić information content (AvgIpc) is 2.40. The molecule has 108 valence electrons. The van der Waals surface area contributed by atoms with Crippen LogP contribution in [0.5, 0.6) is 0 Å². The van der Waals surface area contributed by atoms with Crippen LogP contribution in [0.4, 0.5) is 5.69 Å². The van der Waals surface area contributed by atoms with Crippen LogP contribution in [0, 0.1) is 0 Å². The maximum absolute atomic E-state index is 11.9. The topological polar surface area (TPSA) is 55.4 Å². The highest BCUT2D eigenvalue weighted by Crippen LogP contribution is 2.29. The van der Waals surface area contributed by atoms with Gasteiger partial charge in [-0.2, -0.15) is 0 Å². The lowest BCUT2D eigenvalue weighted by Gasteiger charge is -2.14. The Labute approximate surface area is 127 Å². The Bertz CT molecular complexity index is 509. The minimum atomic E-state index is -0.948. The van der Waals surface area contributed by atoms with E-state index in [4.69, 9.17) is 27.9 Å². The number of anilines is 1. The van der Waals surface area contributed by atoms with Crippen molar-refractivity contribution in [2.75, 3.05) is 5.32 Å². The average molecular weight is 316 g/mol. The fraction of sp³-hybridized carbons (Fsp3) is 0.286. The SMILES string of the molecule is CC/C=C/C(=O)O[C@H](C)C(=O)Nc1c(Cl)cccc1Cl. The molecule has 6 heteroatoms. The van der Waals surface area contributed by atoms with Crippen molar-refractivity contribution in [3.63, 3.8) is 0 Å². The Kier molecular flexibility index (Phi) is 6.55. The van der Waals surface area contributed by atoms with Crippen LogP contribution in [0.2, 0.25) is 10.0 Å². The second-order valence-corrected chi connectivity index (χ2v) is 4.79. The Balaban J connectivity index is 2.67. The van der Waals surface area contributed by atoms with Crippen molar-refractivity contribution in [1.82, 2.24) is 0 Å². The maximum Gasteiger partial charge on any atom is 0.331 e. The van der Waals surface area contributed by atoms with E-state index in [-0.39, 0.29) is 0 Å². The van der Waals surface area contributed by atoms with Gasteiger partial charge >= 0.3 is 5.97 Å². The van der Waals surface area contributed by atoms with Gasteiger partial charge in [0, 0.05) is 6.08 Å². The predicted molar refractivity (Wildman–Crippen MR) is 80.1 cm³/mol. The van der Waals surface area contributed by atoms with Crippen LogP contribution in [0.1, 0.15) is 20.3 Å². The van der Waals surface area contributed by atoms with E-state index in [0.29, 0.717) is 22.2 Å². The van der Waals surface area contributed by atoms with Crippen LogP contribution < -0.4 is 5.32 Å². The number of carbonyl (C=O) groups is 2. The van der Waals surface area contributed by atoms with E-state index in [1.165, 1.54) is 13.0 Å². The molecule has 0 heterocycles. The first kappa shape index (κ1) is 16.5. The van der Waals surface area contributed by atoms with Crippen molar-refractivity contribution in [2.24, 2.45) is 0 Å². The molecule has 0 spiro atoms. The standard InChI is InChI=1S/C14H15Cl2NO3/c1-3-4-8-12(18)20-9(2)14(19)17-13-10(15)6-5-7-11(13)16/h4-9H,3H2,1-2H3,(H,17,19)/b8-4+/t9-/m1/s1. The number of ether oxygens (including phenoxy) is 1. The summed E-state index contributed by atoms with van der Waals surface area (Å²) in [7, 11) is 0. The molecule has 0 aliphatic heterocycles. The molecule has 0 aromatic heterocycles. The predicted octanol–water partition coefficient (Wildman–Crippen LogP) is 3.83. The monoisotopic (exact) mass is 315 g/mol. The smallest absolute Gasteiger partial charge is 0.331 e. The summed E-state index contributed by atoms with van der Waals surface area (Å²) in [6.07, 6.45) is 2.70. The highest BCUT2D eigenvalue weighted by atomic mass is 35.5. The molecule has 1 aromatic carbocycles. The molecule has 0 unspecified atom stereocenters. The van der Waals surface area contributed by atoms with Gasteiger partial charge in [-0.3, -0.25) is 4.79 Å². The molecule has 0 fully saturated rings. The zero-order valence-electron chi connectivity index (χ0n) is 11.2. The van der Waals surface area contributed by atoms with Gasteiger partial charge in [-0.05, 0) is 25.5 Å². The summed E-state index contributed by atoms with van der Waals surface area (Å²) in [6.45, 7) is 3.36. The molecule has 0 aliphatic carbocycles. The zero-order valence-corrected chi connectivity index (χ0v) is 12.7. The minimum Gasteiger partial charge on any atom is -0.449 e. The fourth-order valence-corrected chi connectivity index (χ4v) is 1.82. The minimum absolute atomic E-state index is 0.299. The molecule has 4 nitrogen and oxygen atoms in total. The first-order valence-corrected chi connectivity index (χ1v) is 6.83. The van der Waals surface area contributed by atoms with E-state index in [2.05, 4.69) is 5.32 Å². The Morgan fingerprint density at radius 2 is 1.95 bits per heavy atom. The lowest BCUT2D eigenvalue weighted by molar-refractivity contribution is -0.148. The normalized spacial score (nSPS) is 12.2. The number of benzene rings is 1. The Morgan fingerprint density at radius 1 is 1.35 bits per heavy atom. The summed E-state index contributed by atoms with van der Waals surface area (Å²) >= 11 is 11.9. The zero-order chi connectivity index (χ0) is 15.1. The largest absolute Gasteiger partial charge is 0.449 e. The molecule has 1 rings (SSSR count). The van der Waals surface area contributed by atoms with Gasteiger partial charge < -0.3 is 10.1 Å². The van der Waals surface area contributed by atoms with Crippen molar-refractivity contribution in [2.45, 2.75) is 26.4 Å². The molecule has 0 saturated heterocycles. The number of hydrogen-bond acceptors (Lipinski definition) is 3. The number of hydrogen-bond donors (Lipinski definition) is 1. The Morgan fingerprint density at radius 3 is 2.50 bits per heavy atom. The first-order valence-electron chi connectivity index (χ1n) is 6.07. The van der Waals surface area contributed by atoms with Crippen molar-refractivity contribution in [3.05, 3.63) is 40.4 Å². The third-order valence-corrected chi connectivity index (χ3v) is 2.99. The Hall–Kier alpha value is -1.52. The molecular weight excluding hydrogens is 301 g/mol. The van der Waals surface area contributed by atoms with E-state index in [0.717, 1.165) is 0 Å². The summed E-state index contributed by atoms with van der Waals surface area (Å²) in [5.41, 5.74) is 0.299. The summed E-state index contributed by atoms with van der Waals surface area (Å²) in [5.74, 6) is -1.07. The number of halogens is 2. The number of para-hydroxylation sites is 1. The van der Waals surface area contributed by atoms with Crippen molar-refractivity contribution in [3.8, 4) is 0 Å². The summed E-state index contributed by atoms with van der Waals surface area (Å²) in [5, 5.41) is 3.17. The molecule has 1 amide bonds. The number of nitrogens with one attached hydrogen (secondary N) is 1. The van der Waals surface area contributed by atoms with E-state index in [9.17, 15) is 9.59 Å². The molecule has 1 N–H and O–H groups in total. The summed E-state index contributed by atoms with van der Waals surface area (Å²) < 4.78 is 4.94. The third-order valence-electron chi connectivity index (χ3n) is 2.36. The second-order valence-electron chi connectivity index (χ2n) is 3.98. The van der Waals surface area contributed by atoms with E-state index in [1.54, 1.807) is 24.3 Å². The van der Waals surface area contributed by atoms with Gasteiger partial charge in [-0.1, -0.05) is 42.3 Å². The molecule has 0 aliphatic rings. The van der Waals surface area contributed by atoms with Gasteiger partial charge in [-0.25, -0.2) is 4.79 Å². The van der Waals surface area contributed by atoms with Crippen molar-refractivity contribution < 1.29 is 14.3 Å². The number of rotatable bonds is 5. The van der Waals surface area contributed by atoms with Crippen LogP contribution in [0.15, 0.2) is 30.4 Å². The highest BCUT2D eigenvalue weighted by molar-refractivity contribution is 6.39. The molecular formula is C14H15Cl2NO3. The molecule has 0 radical (unpaired) electrons. The molecule has 0 bridgehead atoms. The van der Waals surface area contributed by atoms with E-state index < -0.39 is 18.0 Å². The molecule has 0 saturated carbocycles. The van der Waals surface area contributed by atoms with Crippen LogP contribution in [-0.2, 0) is 14.3 Å². The fourth-order valence-electron chi connectivity index (χ4n) is 1.32. The number of carbonyl (C=O) groups excluding carboxylic acids is 2. The van der Waals surface area contributed by atoms with Gasteiger partial charge in [0.15, 0.2) is 6.10 Å². The van der Waals surface area contributed by atoms with E-state index in [1.807, 2.05) is 6.92 Å². The molecule has 1 atom stereocenters. The van der Waals surface area contributed by atoms with Crippen LogP contribution >= 0.6 is 23.2 Å². The van der Waals surface area contributed by atoms with Crippen LogP contribution in [0.3, 0.4) is 0 Å². The van der Waals surface area contributed by atoms with E-state index >= 15 is 0 Å². The first-order chi connectivity index (χ1) is 9.45.